The molecule has 0 aliphatic heterocycles. The van der Waals surface area contributed by atoms with Crippen LogP contribution in [0.3, 0.4) is 0 Å². The van der Waals surface area contributed by atoms with Crippen LogP contribution in [0.1, 0.15) is 284 Å². The maximum absolute atomic E-state index is 12.9. The van der Waals surface area contributed by atoms with Gasteiger partial charge in [0.1, 0.15) is 13.2 Å². The third kappa shape index (κ3) is 56.8. The van der Waals surface area contributed by atoms with Crippen LogP contribution in [0.15, 0.2) is 48.6 Å². The third-order valence-electron chi connectivity index (χ3n) is 13.6. The Morgan fingerprint density at radius 1 is 0.411 bits per heavy atom. The summed E-state index contributed by atoms with van der Waals surface area (Å²) in [5.74, 6) is -2.00. The second kappa shape index (κ2) is 55.5. The summed E-state index contributed by atoms with van der Waals surface area (Å²) < 4.78 is 22.9. The zero-order valence-electron chi connectivity index (χ0n) is 48.6. The molecule has 0 heterocycles. The summed E-state index contributed by atoms with van der Waals surface area (Å²) in [6, 6.07) is 0. The number of unbranched alkanes of at least 4 members (excludes halogenated alkanes) is 34. The number of allylic oxidation sites excluding steroid dienone is 8. The number of likely N-dealkylation sites (N-methyl/N-ethyl adjacent to an activating group) is 1. The average molecular weight is 1030 g/mol. The molecular formula is C64H118NO8+. The van der Waals surface area contributed by atoms with Crippen LogP contribution in [0.25, 0.3) is 0 Å². The number of rotatable bonds is 57. The van der Waals surface area contributed by atoms with E-state index in [4.69, 9.17) is 18.9 Å². The molecule has 0 fully saturated rings. The number of carbonyl (C=O) groups is 3. The molecule has 73 heavy (non-hydrogen) atoms. The fourth-order valence-corrected chi connectivity index (χ4v) is 8.78. The van der Waals surface area contributed by atoms with E-state index in [9.17, 15) is 19.5 Å². The van der Waals surface area contributed by atoms with Gasteiger partial charge in [-0.15, -0.1) is 0 Å². The van der Waals surface area contributed by atoms with E-state index < -0.39 is 24.3 Å². The molecule has 9 nitrogen and oxygen atoms in total. The van der Waals surface area contributed by atoms with Gasteiger partial charge in [-0.3, -0.25) is 9.59 Å². The highest BCUT2D eigenvalue weighted by molar-refractivity contribution is 5.71. The molecule has 0 radical (unpaired) electrons. The van der Waals surface area contributed by atoms with Crippen LogP contribution in [0, 0.1) is 0 Å². The molecule has 2 unspecified atom stereocenters. The number of esters is 2. The molecule has 2 atom stereocenters. The normalized spacial score (nSPS) is 13.1. The van der Waals surface area contributed by atoms with Crippen LogP contribution in [-0.4, -0.2) is 87.4 Å². The number of quaternary nitrogens is 1. The molecule has 0 aromatic carbocycles. The molecular weight excluding hydrogens is 911 g/mol. The fourth-order valence-electron chi connectivity index (χ4n) is 8.78. The van der Waals surface area contributed by atoms with E-state index in [1.165, 1.54) is 205 Å². The first kappa shape index (κ1) is 70.2. The summed E-state index contributed by atoms with van der Waals surface area (Å²) in [7, 11) is 5.97. The second-order valence-electron chi connectivity index (χ2n) is 22.0. The van der Waals surface area contributed by atoms with Crippen LogP contribution in [0.2, 0.25) is 0 Å². The fraction of sp³-hybridized carbons (Fsp3) is 0.828. The van der Waals surface area contributed by atoms with Gasteiger partial charge in [-0.2, -0.15) is 0 Å². The Morgan fingerprint density at radius 3 is 1.11 bits per heavy atom. The molecule has 0 spiro atoms. The predicted molar refractivity (Wildman–Crippen MR) is 309 cm³/mol. The van der Waals surface area contributed by atoms with Gasteiger partial charge in [0, 0.05) is 12.8 Å². The second-order valence-corrected chi connectivity index (χ2v) is 22.0. The highest BCUT2D eigenvalue weighted by Crippen LogP contribution is 2.17. The van der Waals surface area contributed by atoms with Crippen molar-refractivity contribution in [2.45, 2.75) is 296 Å². The van der Waals surface area contributed by atoms with Crippen molar-refractivity contribution >= 4 is 17.9 Å². The third-order valence-corrected chi connectivity index (χ3v) is 13.6. The molecule has 0 aromatic rings. The lowest BCUT2D eigenvalue weighted by atomic mass is 10.0. The van der Waals surface area contributed by atoms with E-state index in [2.05, 4.69) is 62.5 Å². The van der Waals surface area contributed by atoms with Gasteiger partial charge in [0.25, 0.3) is 6.29 Å². The van der Waals surface area contributed by atoms with Gasteiger partial charge in [0.2, 0.25) is 0 Å². The maximum atomic E-state index is 12.9. The molecule has 0 saturated carbocycles. The minimum absolute atomic E-state index is 0.181. The number of hydrogen-bond donors (Lipinski definition) is 1. The molecule has 0 saturated heterocycles. The van der Waals surface area contributed by atoms with E-state index in [1.807, 2.05) is 21.1 Å². The Bertz CT molecular complexity index is 1340. The topological polar surface area (TPSA) is 108 Å². The van der Waals surface area contributed by atoms with Crippen molar-refractivity contribution in [1.82, 2.24) is 0 Å². The zero-order chi connectivity index (χ0) is 53.4. The first-order valence-electron chi connectivity index (χ1n) is 30.8. The largest absolute Gasteiger partial charge is 0.477 e. The van der Waals surface area contributed by atoms with Gasteiger partial charge in [-0.05, 0) is 77.0 Å². The minimum Gasteiger partial charge on any atom is -0.477 e. The van der Waals surface area contributed by atoms with Crippen LogP contribution in [-0.2, 0) is 33.3 Å². The predicted octanol–water partition coefficient (Wildman–Crippen LogP) is 18.2. The Hall–Kier alpha value is -2.75. The summed E-state index contributed by atoms with van der Waals surface area (Å²) in [6.07, 6.45) is 66.2. The van der Waals surface area contributed by atoms with E-state index in [1.54, 1.807) is 0 Å². The van der Waals surface area contributed by atoms with Crippen molar-refractivity contribution < 1.29 is 42.9 Å². The number of carboxylic acid groups (broad SMARTS) is 1. The standard InChI is InChI=1S/C64H117NO8/c1-6-8-10-12-14-16-18-20-22-24-26-27-28-29-30-31-32-33-34-35-37-39-41-43-45-47-49-51-53-55-62(67)73-60(59-72-64(63(68)69)70-57-56-65(3,4)5)58-71-61(66)54-52-50-48-46-44-42-40-38-36-25-23-21-19-17-15-13-11-9-7-2/h18,20-21,23-24,26,28-29,60,64H,6-17,19,22,25,27,30-59H2,1-5H3/p+1/b20-18-,23-21-,26-24-,29-28-. The van der Waals surface area contributed by atoms with Crippen molar-refractivity contribution in [2.24, 2.45) is 0 Å². The first-order chi connectivity index (χ1) is 35.6. The Morgan fingerprint density at radius 2 is 0.740 bits per heavy atom. The van der Waals surface area contributed by atoms with Crippen LogP contribution >= 0.6 is 0 Å². The maximum Gasteiger partial charge on any atom is 0.361 e. The first-order valence-corrected chi connectivity index (χ1v) is 30.8. The van der Waals surface area contributed by atoms with Crippen molar-refractivity contribution in [3.8, 4) is 0 Å². The summed E-state index contributed by atoms with van der Waals surface area (Å²) in [5, 5.41) is 9.71. The van der Waals surface area contributed by atoms with Crippen molar-refractivity contribution in [3.63, 3.8) is 0 Å². The SMILES string of the molecule is CCCCCCC/C=C\C/C=C\C/C=C\CCCCCCCCCCCCCCCCC(=O)OC(COC(=O)CCCCCCCCCCC/C=C\CCCCCCCC)COC(OCC[N+](C)(C)C)C(=O)O. The lowest BCUT2D eigenvalue weighted by Gasteiger charge is -2.25. The highest BCUT2D eigenvalue weighted by atomic mass is 16.7. The van der Waals surface area contributed by atoms with E-state index in [-0.39, 0.29) is 32.2 Å². The number of carbonyl (C=O) groups excluding carboxylic acids is 2. The summed E-state index contributed by atoms with van der Waals surface area (Å²) in [5.41, 5.74) is 0. The van der Waals surface area contributed by atoms with Gasteiger partial charge >= 0.3 is 17.9 Å². The van der Waals surface area contributed by atoms with Crippen LogP contribution in [0.5, 0.6) is 0 Å². The molecule has 0 rings (SSSR count). The molecule has 0 aliphatic rings. The molecule has 426 valence electrons. The molecule has 0 aromatic heterocycles. The van der Waals surface area contributed by atoms with Crippen LogP contribution in [0.4, 0.5) is 0 Å². The lowest BCUT2D eigenvalue weighted by molar-refractivity contribution is -0.870. The monoisotopic (exact) mass is 1030 g/mol. The number of carboxylic acids is 1. The number of ether oxygens (including phenoxy) is 4. The van der Waals surface area contributed by atoms with E-state index in [0.29, 0.717) is 17.4 Å². The lowest BCUT2D eigenvalue weighted by Crippen LogP contribution is -2.40. The van der Waals surface area contributed by atoms with E-state index in [0.717, 1.165) is 51.4 Å². The molecule has 0 aliphatic carbocycles. The average Bonchev–Trinajstić information content (AvgIpc) is 3.36. The summed E-state index contributed by atoms with van der Waals surface area (Å²) in [4.78, 5) is 37.5. The summed E-state index contributed by atoms with van der Waals surface area (Å²) in [6.45, 7) is 4.89. The van der Waals surface area contributed by atoms with Gasteiger partial charge in [0.05, 0.1) is 34.4 Å². The molecule has 0 bridgehead atoms. The smallest absolute Gasteiger partial charge is 0.361 e. The number of nitrogens with zero attached hydrogens (tertiary/aromatic N) is 1. The molecule has 9 heteroatoms. The number of aliphatic carboxylic acids is 1. The molecule has 1 N–H and O–H groups in total. The van der Waals surface area contributed by atoms with Crippen LogP contribution < -0.4 is 0 Å². The zero-order valence-corrected chi connectivity index (χ0v) is 48.6. The van der Waals surface area contributed by atoms with E-state index >= 15 is 0 Å². The quantitative estimate of drug-likeness (QED) is 0.0211. The summed E-state index contributed by atoms with van der Waals surface area (Å²) >= 11 is 0. The Labute approximate surface area is 451 Å². The molecule has 0 amide bonds. The highest BCUT2D eigenvalue weighted by Gasteiger charge is 2.25. The number of hydrogen-bond acceptors (Lipinski definition) is 7. The van der Waals surface area contributed by atoms with Gasteiger partial charge < -0.3 is 28.5 Å². The van der Waals surface area contributed by atoms with Gasteiger partial charge in [0.15, 0.2) is 6.10 Å². The van der Waals surface area contributed by atoms with Gasteiger partial charge in [-0.1, -0.05) is 242 Å². The Balaban J connectivity index is 4.17. The minimum atomic E-state index is -1.51. The Kier molecular flexibility index (Phi) is 53.4. The van der Waals surface area contributed by atoms with Crippen molar-refractivity contribution in [1.29, 1.82) is 0 Å². The van der Waals surface area contributed by atoms with Gasteiger partial charge in [-0.25, -0.2) is 4.79 Å². The van der Waals surface area contributed by atoms with Crippen molar-refractivity contribution in [2.75, 3.05) is 47.5 Å². The van der Waals surface area contributed by atoms with Crippen molar-refractivity contribution in [3.05, 3.63) is 48.6 Å².